The second-order valence-electron chi connectivity index (χ2n) is 5.07. The van der Waals surface area contributed by atoms with Gasteiger partial charge in [0.15, 0.2) is 0 Å². The lowest BCUT2D eigenvalue weighted by atomic mass is 9.94. The number of carbonyl (C=O) groups is 1. The van der Waals surface area contributed by atoms with Gasteiger partial charge in [-0.1, -0.05) is 55.8 Å². The second-order valence-corrected chi connectivity index (χ2v) is 5.07. The highest BCUT2D eigenvalue weighted by Gasteiger charge is 2.12. The van der Waals surface area contributed by atoms with Crippen LogP contribution in [0.15, 0.2) is 42.5 Å². The molecule has 2 rings (SSSR count). The minimum atomic E-state index is 0.286. The Morgan fingerprint density at radius 1 is 1.16 bits per heavy atom. The first-order valence-electron chi connectivity index (χ1n) is 6.93. The van der Waals surface area contributed by atoms with Crippen LogP contribution in [0, 0.1) is 5.92 Å². The molecular formula is C17H21NO. The summed E-state index contributed by atoms with van der Waals surface area (Å²) in [4.78, 5) is 12.1. The number of nitrogens with two attached hydrogens (primary N) is 1. The van der Waals surface area contributed by atoms with Crippen molar-refractivity contribution in [1.29, 1.82) is 0 Å². The fourth-order valence-corrected chi connectivity index (χ4v) is 2.45. The average Bonchev–Trinajstić information content (AvgIpc) is 2.45. The van der Waals surface area contributed by atoms with Gasteiger partial charge in [0.05, 0.1) is 0 Å². The Balaban J connectivity index is 2.15. The zero-order chi connectivity index (χ0) is 13.7. The summed E-state index contributed by atoms with van der Waals surface area (Å²) >= 11 is 0. The standard InChI is InChI=1S/C17H21NO/c1-2-13(12-18)10-16(19)11-15-8-5-7-14-6-3-4-9-17(14)15/h3-9,13H,2,10-12,18H2,1H3. The molecule has 19 heavy (non-hydrogen) atoms. The van der Waals surface area contributed by atoms with Crippen LogP contribution in [0.4, 0.5) is 0 Å². The van der Waals surface area contributed by atoms with Crippen molar-refractivity contribution in [3.05, 3.63) is 48.0 Å². The van der Waals surface area contributed by atoms with Crippen LogP contribution in [-0.4, -0.2) is 12.3 Å². The maximum atomic E-state index is 12.1. The number of hydrogen-bond donors (Lipinski definition) is 1. The van der Waals surface area contributed by atoms with E-state index in [-0.39, 0.29) is 5.78 Å². The van der Waals surface area contributed by atoms with Crippen molar-refractivity contribution in [2.45, 2.75) is 26.2 Å². The number of fused-ring (bicyclic) bond motifs is 1. The van der Waals surface area contributed by atoms with Gasteiger partial charge in [0.2, 0.25) is 0 Å². The van der Waals surface area contributed by atoms with Gasteiger partial charge in [-0.15, -0.1) is 0 Å². The molecular weight excluding hydrogens is 234 g/mol. The molecule has 2 nitrogen and oxygen atoms in total. The van der Waals surface area contributed by atoms with Crippen molar-refractivity contribution in [2.24, 2.45) is 11.7 Å². The molecule has 2 aromatic rings. The second kappa shape index (κ2) is 6.48. The lowest BCUT2D eigenvalue weighted by molar-refractivity contribution is -0.119. The Hall–Kier alpha value is -1.67. The lowest BCUT2D eigenvalue weighted by Gasteiger charge is -2.11. The van der Waals surface area contributed by atoms with Crippen LogP contribution < -0.4 is 5.73 Å². The number of hydrogen-bond acceptors (Lipinski definition) is 2. The van der Waals surface area contributed by atoms with Gasteiger partial charge in [0, 0.05) is 12.8 Å². The molecule has 100 valence electrons. The van der Waals surface area contributed by atoms with E-state index < -0.39 is 0 Å². The quantitative estimate of drug-likeness (QED) is 0.860. The molecule has 0 bridgehead atoms. The van der Waals surface area contributed by atoms with Crippen LogP contribution in [0.1, 0.15) is 25.3 Å². The fraction of sp³-hybridized carbons (Fsp3) is 0.353. The minimum Gasteiger partial charge on any atom is -0.330 e. The molecule has 0 aromatic heterocycles. The van der Waals surface area contributed by atoms with Crippen molar-refractivity contribution < 1.29 is 4.79 Å². The van der Waals surface area contributed by atoms with Gasteiger partial charge in [0.25, 0.3) is 0 Å². The molecule has 0 saturated carbocycles. The van der Waals surface area contributed by atoms with Crippen molar-refractivity contribution in [1.82, 2.24) is 0 Å². The molecule has 1 atom stereocenters. The number of rotatable bonds is 6. The number of Topliss-reactive ketones (excluding diaryl/α,β-unsaturated/α-hetero) is 1. The van der Waals surface area contributed by atoms with E-state index in [1.807, 2.05) is 24.3 Å². The molecule has 0 spiro atoms. The third kappa shape index (κ3) is 3.42. The normalized spacial score (nSPS) is 12.5. The molecule has 1 unspecified atom stereocenters. The SMILES string of the molecule is CCC(CN)CC(=O)Cc1cccc2ccccc12. The van der Waals surface area contributed by atoms with E-state index in [0.29, 0.717) is 25.3 Å². The molecule has 2 heteroatoms. The van der Waals surface area contributed by atoms with E-state index in [4.69, 9.17) is 5.73 Å². The number of benzene rings is 2. The summed E-state index contributed by atoms with van der Waals surface area (Å²) in [6.45, 7) is 2.68. The Morgan fingerprint density at radius 3 is 2.63 bits per heavy atom. The predicted octanol–water partition coefficient (Wildman–Crippen LogP) is 3.33. The van der Waals surface area contributed by atoms with Crippen molar-refractivity contribution in [3.8, 4) is 0 Å². The summed E-state index contributed by atoms with van der Waals surface area (Å²) in [6, 6.07) is 14.4. The van der Waals surface area contributed by atoms with Gasteiger partial charge < -0.3 is 5.73 Å². The average molecular weight is 255 g/mol. The third-order valence-corrected chi connectivity index (χ3v) is 3.69. The topological polar surface area (TPSA) is 43.1 Å². The molecule has 0 aliphatic heterocycles. The summed E-state index contributed by atoms with van der Waals surface area (Å²) < 4.78 is 0. The summed E-state index contributed by atoms with van der Waals surface area (Å²) in [5, 5.41) is 2.37. The van der Waals surface area contributed by atoms with Crippen LogP contribution in [0.3, 0.4) is 0 Å². The molecule has 0 amide bonds. The van der Waals surface area contributed by atoms with Gasteiger partial charge in [-0.05, 0) is 28.8 Å². The van der Waals surface area contributed by atoms with E-state index in [0.717, 1.165) is 12.0 Å². The van der Waals surface area contributed by atoms with Crippen LogP contribution >= 0.6 is 0 Å². The highest BCUT2D eigenvalue weighted by Crippen LogP contribution is 2.20. The maximum absolute atomic E-state index is 12.1. The highest BCUT2D eigenvalue weighted by molar-refractivity contribution is 5.90. The van der Waals surface area contributed by atoms with Gasteiger partial charge >= 0.3 is 0 Å². The molecule has 0 aliphatic rings. The highest BCUT2D eigenvalue weighted by atomic mass is 16.1. The molecule has 2 aromatic carbocycles. The van der Waals surface area contributed by atoms with Crippen LogP contribution in [-0.2, 0) is 11.2 Å². The summed E-state index contributed by atoms with van der Waals surface area (Å²) in [5.41, 5.74) is 6.78. The number of carbonyl (C=O) groups excluding carboxylic acids is 1. The zero-order valence-electron chi connectivity index (χ0n) is 11.4. The monoisotopic (exact) mass is 255 g/mol. The van der Waals surface area contributed by atoms with Crippen molar-refractivity contribution in [3.63, 3.8) is 0 Å². The van der Waals surface area contributed by atoms with E-state index in [2.05, 4.69) is 25.1 Å². The summed E-state index contributed by atoms with van der Waals surface area (Å²) in [6.07, 6.45) is 2.08. The van der Waals surface area contributed by atoms with Crippen LogP contribution in [0.25, 0.3) is 10.8 Å². The van der Waals surface area contributed by atoms with E-state index in [1.54, 1.807) is 0 Å². The third-order valence-electron chi connectivity index (χ3n) is 3.69. The Bertz CT molecular complexity index is 553. The molecule has 0 heterocycles. The van der Waals surface area contributed by atoms with E-state index in [9.17, 15) is 4.79 Å². The molecule has 0 saturated heterocycles. The van der Waals surface area contributed by atoms with Crippen molar-refractivity contribution >= 4 is 16.6 Å². The first kappa shape index (κ1) is 13.8. The smallest absolute Gasteiger partial charge is 0.137 e. The van der Waals surface area contributed by atoms with Gasteiger partial charge in [-0.25, -0.2) is 0 Å². The van der Waals surface area contributed by atoms with E-state index >= 15 is 0 Å². The first-order valence-corrected chi connectivity index (χ1v) is 6.93. The van der Waals surface area contributed by atoms with Crippen LogP contribution in [0.5, 0.6) is 0 Å². The lowest BCUT2D eigenvalue weighted by Crippen LogP contribution is -2.18. The summed E-state index contributed by atoms with van der Waals surface area (Å²) in [7, 11) is 0. The largest absolute Gasteiger partial charge is 0.330 e. The Kier molecular flexibility index (Phi) is 4.69. The molecule has 2 N–H and O–H groups in total. The Labute approximate surface area is 114 Å². The van der Waals surface area contributed by atoms with Crippen molar-refractivity contribution in [2.75, 3.05) is 6.54 Å². The minimum absolute atomic E-state index is 0.286. The van der Waals surface area contributed by atoms with Gasteiger partial charge in [-0.3, -0.25) is 4.79 Å². The zero-order valence-corrected chi connectivity index (χ0v) is 11.4. The van der Waals surface area contributed by atoms with E-state index in [1.165, 1.54) is 10.8 Å². The molecule has 0 fully saturated rings. The summed E-state index contributed by atoms with van der Waals surface area (Å²) in [5.74, 6) is 0.608. The van der Waals surface area contributed by atoms with Crippen LogP contribution in [0.2, 0.25) is 0 Å². The predicted molar refractivity (Wildman–Crippen MR) is 80.1 cm³/mol. The van der Waals surface area contributed by atoms with Gasteiger partial charge in [-0.2, -0.15) is 0 Å². The Morgan fingerprint density at radius 2 is 1.89 bits per heavy atom. The fourth-order valence-electron chi connectivity index (χ4n) is 2.45. The first-order chi connectivity index (χ1) is 9.24. The number of ketones is 1. The molecule has 0 aliphatic carbocycles. The van der Waals surface area contributed by atoms with Gasteiger partial charge in [0.1, 0.15) is 5.78 Å². The molecule has 0 radical (unpaired) electrons. The maximum Gasteiger partial charge on any atom is 0.137 e.